The molecule has 1 heterocycles. The highest BCUT2D eigenvalue weighted by Crippen LogP contribution is 2.15. The van der Waals surface area contributed by atoms with Gasteiger partial charge in [-0.2, -0.15) is 0 Å². The fraction of sp³-hybridized carbons (Fsp3) is 0.526. The summed E-state index contributed by atoms with van der Waals surface area (Å²) in [6, 6.07) is 6.68. The van der Waals surface area contributed by atoms with Crippen molar-refractivity contribution in [1.82, 2.24) is 10.2 Å². The molecule has 1 fully saturated rings. The molecule has 2 rings (SSSR count). The molecule has 0 spiro atoms. The molecule has 0 radical (unpaired) electrons. The molecular formula is C19H28N4O4. The molecule has 1 saturated heterocycles. The summed E-state index contributed by atoms with van der Waals surface area (Å²) in [6.07, 6.45) is 1.07. The molecule has 0 aliphatic carbocycles. The SMILES string of the molecule is CCOC(=O)N1CCC(NC(=O)Nc2ccc(NC(=O)C(C)C)cc2)CC1. The van der Waals surface area contributed by atoms with Crippen LogP contribution in [-0.2, 0) is 9.53 Å². The number of carbonyl (C=O) groups is 3. The fourth-order valence-corrected chi connectivity index (χ4v) is 2.70. The summed E-state index contributed by atoms with van der Waals surface area (Å²) in [6.45, 7) is 6.92. The second kappa shape index (κ2) is 9.80. The van der Waals surface area contributed by atoms with E-state index in [1.165, 1.54) is 0 Å². The smallest absolute Gasteiger partial charge is 0.409 e. The molecular weight excluding hydrogens is 348 g/mol. The fourth-order valence-electron chi connectivity index (χ4n) is 2.70. The number of hydrogen-bond acceptors (Lipinski definition) is 4. The molecule has 0 bridgehead atoms. The minimum Gasteiger partial charge on any atom is -0.450 e. The van der Waals surface area contributed by atoms with Gasteiger partial charge in [-0.1, -0.05) is 13.8 Å². The highest BCUT2D eigenvalue weighted by molar-refractivity contribution is 5.93. The van der Waals surface area contributed by atoms with Crippen LogP contribution in [0.15, 0.2) is 24.3 Å². The van der Waals surface area contributed by atoms with E-state index in [0.717, 1.165) is 0 Å². The van der Waals surface area contributed by atoms with Crippen molar-refractivity contribution >= 4 is 29.4 Å². The molecule has 1 aromatic carbocycles. The number of rotatable bonds is 5. The summed E-state index contributed by atoms with van der Waals surface area (Å²) in [5.74, 6) is -0.147. The molecule has 0 aromatic heterocycles. The van der Waals surface area contributed by atoms with E-state index >= 15 is 0 Å². The van der Waals surface area contributed by atoms with Crippen molar-refractivity contribution in [3.05, 3.63) is 24.3 Å². The van der Waals surface area contributed by atoms with Crippen LogP contribution in [0.25, 0.3) is 0 Å². The summed E-state index contributed by atoms with van der Waals surface area (Å²) in [5.41, 5.74) is 1.32. The first-order valence-corrected chi connectivity index (χ1v) is 9.29. The number of anilines is 2. The van der Waals surface area contributed by atoms with Gasteiger partial charge in [0.2, 0.25) is 5.91 Å². The Balaban J connectivity index is 1.76. The highest BCUT2D eigenvalue weighted by atomic mass is 16.6. The topological polar surface area (TPSA) is 99.8 Å². The van der Waals surface area contributed by atoms with Crippen LogP contribution in [0.4, 0.5) is 21.0 Å². The van der Waals surface area contributed by atoms with Crippen LogP contribution in [-0.4, -0.2) is 48.7 Å². The molecule has 1 aromatic rings. The van der Waals surface area contributed by atoms with Gasteiger partial charge in [0, 0.05) is 36.4 Å². The Morgan fingerprint density at radius 3 is 2.15 bits per heavy atom. The van der Waals surface area contributed by atoms with E-state index in [-0.39, 0.29) is 30.0 Å². The highest BCUT2D eigenvalue weighted by Gasteiger charge is 2.24. The maximum Gasteiger partial charge on any atom is 0.409 e. The van der Waals surface area contributed by atoms with E-state index in [9.17, 15) is 14.4 Å². The average Bonchev–Trinajstić information content (AvgIpc) is 2.64. The molecule has 3 N–H and O–H groups in total. The maximum atomic E-state index is 12.2. The van der Waals surface area contributed by atoms with E-state index in [2.05, 4.69) is 16.0 Å². The van der Waals surface area contributed by atoms with Crippen LogP contribution in [0.5, 0.6) is 0 Å². The molecule has 148 valence electrons. The molecule has 0 saturated carbocycles. The molecule has 0 atom stereocenters. The third kappa shape index (κ3) is 6.47. The lowest BCUT2D eigenvalue weighted by atomic mass is 10.1. The number of nitrogens with zero attached hydrogens (tertiary/aromatic N) is 1. The number of hydrogen-bond donors (Lipinski definition) is 3. The van der Waals surface area contributed by atoms with Crippen molar-refractivity contribution in [2.45, 2.75) is 39.7 Å². The Labute approximate surface area is 159 Å². The Morgan fingerprint density at radius 1 is 1.07 bits per heavy atom. The molecule has 1 aliphatic heterocycles. The number of carbonyl (C=O) groups excluding carboxylic acids is 3. The molecule has 8 heteroatoms. The third-order valence-electron chi connectivity index (χ3n) is 4.29. The van der Waals surface area contributed by atoms with Crippen LogP contribution >= 0.6 is 0 Å². The van der Waals surface area contributed by atoms with Gasteiger partial charge < -0.3 is 25.6 Å². The average molecular weight is 376 g/mol. The normalized spacial score (nSPS) is 14.6. The largest absolute Gasteiger partial charge is 0.450 e. The van der Waals surface area contributed by atoms with Gasteiger partial charge in [-0.05, 0) is 44.0 Å². The number of piperidine rings is 1. The lowest BCUT2D eigenvalue weighted by Gasteiger charge is -2.31. The first kappa shape index (κ1) is 20.5. The van der Waals surface area contributed by atoms with E-state index in [1.54, 1.807) is 36.1 Å². The number of likely N-dealkylation sites (tertiary alicyclic amines) is 1. The number of benzene rings is 1. The zero-order valence-corrected chi connectivity index (χ0v) is 16.1. The minimum atomic E-state index is -0.301. The van der Waals surface area contributed by atoms with Crippen molar-refractivity contribution in [1.29, 1.82) is 0 Å². The monoisotopic (exact) mass is 376 g/mol. The molecule has 8 nitrogen and oxygen atoms in total. The third-order valence-corrected chi connectivity index (χ3v) is 4.29. The zero-order chi connectivity index (χ0) is 19.8. The minimum absolute atomic E-state index is 0.0141. The van der Waals surface area contributed by atoms with Gasteiger partial charge in [0.15, 0.2) is 0 Å². The number of amides is 4. The van der Waals surface area contributed by atoms with Crippen molar-refractivity contribution < 1.29 is 19.1 Å². The van der Waals surface area contributed by atoms with Gasteiger partial charge in [-0.25, -0.2) is 9.59 Å². The number of urea groups is 1. The summed E-state index contributed by atoms with van der Waals surface area (Å²) in [5, 5.41) is 8.50. The Kier molecular flexibility index (Phi) is 7.45. The van der Waals surface area contributed by atoms with Gasteiger partial charge in [0.05, 0.1) is 6.61 Å². The zero-order valence-electron chi connectivity index (χ0n) is 16.1. The van der Waals surface area contributed by atoms with E-state index in [4.69, 9.17) is 4.74 Å². The van der Waals surface area contributed by atoms with Crippen LogP contribution in [0, 0.1) is 5.92 Å². The predicted octanol–water partition coefficient (Wildman–Crippen LogP) is 3.02. The summed E-state index contributed by atoms with van der Waals surface area (Å²) in [7, 11) is 0. The van der Waals surface area contributed by atoms with Crippen LogP contribution in [0.3, 0.4) is 0 Å². The quantitative estimate of drug-likeness (QED) is 0.735. The predicted molar refractivity (Wildman–Crippen MR) is 104 cm³/mol. The first-order chi connectivity index (χ1) is 12.9. The second-order valence-corrected chi connectivity index (χ2v) is 6.78. The van der Waals surface area contributed by atoms with Crippen LogP contribution in [0.1, 0.15) is 33.6 Å². The van der Waals surface area contributed by atoms with E-state index in [0.29, 0.717) is 43.9 Å². The van der Waals surface area contributed by atoms with Gasteiger partial charge >= 0.3 is 12.1 Å². The van der Waals surface area contributed by atoms with Gasteiger partial charge in [0.1, 0.15) is 0 Å². The van der Waals surface area contributed by atoms with E-state index in [1.807, 2.05) is 13.8 Å². The lowest BCUT2D eigenvalue weighted by Crippen LogP contribution is -2.47. The Morgan fingerprint density at radius 2 is 1.63 bits per heavy atom. The second-order valence-electron chi connectivity index (χ2n) is 6.78. The molecule has 1 aliphatic rings. The number of nitrogens with one attached hydrogen (secondary N) is 3. The Hall–Kier alpha value is -2.77. The van der Waals surface area contributed by atoms with Crippen molar-refractivity contribution in [3.8, 4) is 0 Å². The number of ether oxygens (including phenoxy) is 1. The van der Waals surface area contributed by atoms with Crippen molar-refractivity contribution in [2.24, 2.45) is 5.92 Å². The molecule has 0 unspecified atom stereocenters. The lowest BCUT2D eigenvalue weighted by molar-refractivity contribution is -0.118. The van der Waals surface area contributed by atoms with E-state index < -0.39 is 0 Å². The van der Waals surface area contributed by atoms with Crippen LogP contribution < -0.4 is 16.0 Å². The van der Waals surface area contributed by atoms with Crippen LogP contribution in [0.2, 0.25) is 0 Å². The Bertz CT molecular complexity index is 652. The molecule has 27 heavy (non-hydrogen) atoms. The first-order valence-electron chi connectivity index (χ1n) is 9.29. The maximum absolute atomic E-state index is 12.2. The van der Waals surface area contributed by atoms with Crippen molar-refractivity contribution in [3.63, 3.8) is 0 Å². The van der Waals surface area contributed by atoms with Gasteiger partial charge in [0.25, 0.3) is 0 Å². The molecule has 4 amide bonds. The summed E-state index contributed by atoms with van der Waals surface area (Å²) >= 11 is 0. The standard InChI is InChI=1S/C19H28N4O4/c1-4-27-19(26)23-11-9-16(10-12-23)22-18(25)21-15-7-5-14(6-8-15)20-17(24)13(2)3/h5-8,13,16H,4,9-12H2,1-3H3,(H,20,24)(H2,21,22,25). The van der Waals surface area contributed by atoms with Gasteiger partial charge in [-0.15, -0.1) is 0 Å². The summed E-state index contributed by atoms with van der Waals surface area (Å²) in [4.78, 5) is 37.2. The van der Waals surface area contributed by atoms with Crippen molar-refractivity contribution in [2.75, 3.05) is 30.3 Å². The summed E-state index contributed by atoms with van der Waals surface area (Å²) < 4.78 is 4.98. The van der Waals surface area contributed by atoms with Gasteiger partial charge in [-0.3, -0.25) is 4.79 Å².